The minimum absolute atomic E-state index is 0. The molecule has 0 aliphatic heterocycles. The Morgan fingerprint density at radius 2 is 1.48 bits per heavy atom. The number of rotatable bonds is 7. The molecular weight excluding hydrogens is 458 g/mol. The van der Waals surface area contributed by atoms with Crippen molar-refractivity contribution < 1.29 is 99.8 Å². The molecule has 1 aromatic rings. The zero-order valence-electron chi connectivity index (χ0n) is 12.8. The second kappa shape index (κ2) is 13.5. The molecule has 0 aliphatic rings. The summed E-state index contributed by atoms with van der Waals surface area (Å²) < 4.78 is 9.74. The van der Waals surface area contributed by atoms with Crippen LogP contribution >= 0.6 is 0 Å². The number of aliphatic hydroxyl groups is 3. The first-order chi connectivity index (χ1) is 9.90. The second-order valence-corrected chi connectivity index (χ2v) is 4.44. The van der Waals surface area contributed by atoms with E-state index in [1.54, 1.807) is 18.2 Å². The van der Waals surface area contributed by atoms with Crippen molar-refractivity contribution >= 4 is 11.9 Å². The first-order valence-electron chi connectivity index (χ1n) is 6.28. The quantitative estimate of drug-likeness (QED) is 0.375. The van der Waals surface area contributed by atoms with Gasteiger partial charge >= 0.3 is 11.9 Å². The predicted molar refractivity (Wildman–Crippen MR) is 70.5 cm³/mol. The van der Waals surface area contributed by atoms with Crippen LogP contribution in [0.1, 0.15) is 30.0 Å². The molecule has 0 spiro atoms. The minimum atomic E-state index is -1.75. The SMILES string of the molecule is CC(=O)OCc1cc(CO)cc(COC(=O)CC(O)O)c1.[Y].[Y]. The van der Waals surface area contributed by atoms with Crippen molar-refractivity contribution in [1.82, 2.24) is 0 Å². The first kappa shape index (κ1) is 25.5. The van der Waals surface area contributed by atoms with Crippen molar-refractivity contribution in [3.8, 4) is 0 Å². The van der Waals surface area contributed by atoms with Gasteiger partial charge in [0.1, 0.15) is 13.2 Å². The Balaban J connectivity index is 0. The first-order valence-corrected chi connectivity index (χ1v) is 6.28. The Morgan fingerprint density at radius 3 is 1.91 bits per heavy atom. The largest absolute Gasteiger partial charge is 0.461 e. The monoisotopic (exact) mass is 476 g/mol. The zero-order valence-corrected chi connectivity index (χ0v) is 18.4. The molecule has 1 aromatic carbocycles. The maximum atomic E-state index is 11.2. The molecule has 122 valence electrons. The summed E-state index contributed by atoms with van der Waals surface area (Å²) in [5.74, 6) is -1.17. The number of ether oxygens (including phenoxy) is 2. The van der Waals surface area contributed by atoms with Crippen LogP contribution in [0.25, 0.3) is 0 Å². The van der Waals surface area contributed by atoms with Crippen LogP contribution in [0.4, 0.5) is 0 Å². The molecule has 1 rings (SSSR count). The standard InChI is InChI=1S/C14H18O7.2Y/c1-9(16)20-7-11-2-10(6-15)3-12(4-11)8-21-14(19)5-13(17)18;;/h2-4,13,15,17-18H,5-8H2,1H3;;. The van der Waals surface area contributed by atoms with Crippen LogP contribution in [0.3, 0.4) is 0 Å². The third-order valence-corrected chi connectivity index (χ3v) is 2.49. The van der Waals surface area contributed by atoms with E-state index in [9.17, 15) is 14.7 Å². The number of benzene rings is 1. The summed E-state index contributed by atoms with van der Waals surface area (Å²) in [4.78, 5) is 22.0. The van der Waals surface area contributed by atoms with Crippen LogP contribution in [-0.2, 0) is 104 Å². The molecule has 23 heavy (non-hydrogen) atoms. The van der Waals surface area contributed by atoms with Crippen molar-refractivity contribution in [2.75, 3.05) is 0 Å². The Kier molecular flexibility index (Phi) is 15.0. The summed E-state index contributed by atoms with van der Waals surface area (Å²) in [7, 11) is 0. The maximum Gasteiger partial charge on any atom is 0.311 e. The third-order valence-electron chi connectivity index (χ3n) is 2.49. The molecule has 0 unspecified atom stereocenters. The number of aliphatic hydroxyl groups excluding tert-OH is 2. The molecule has 0 saturated carbocycles. The number of carbonyl (C=O) groups is 2. The van der Waals surface area contributed by atoms with E-state index in [1.807, 2.05) is 0 Å². The van der Waals surface area contributed by atoms with Gasteiger partial charge in [-0.1, -0.05) is 12.1 Å². The van der Waals surface area contributed by atoms with Crippen LogP contribution in [-0.4, -0.2) is 33.5 Å². The zero-order chi connectivity index (χ0) is 15.8. The van der Waals surface area contributed by atoms with Gasteiger partial charge in [0, 0.05) is 72.3 Å². The van der Waals surface area contributed by atoms with E-state index in [2.05, 4.69) is 0 Å². The average Bonchev–Trinajstić information content (AvgIpc) is 2.42. The van der Waals surface area contributed by atoms with Crippen molar-refractivity contribution in [3.63, 3.8) is 0 Å². The van der Waals surface area contributed by atoms with Crippen molar-refractivity contribution in [2.24, 2.45) is 0 Å². The average molecular weight is 476 g/mol. The summed E-state index contributed by atoms with van der Waals surface area (Å²) in [5, 5.41) is 26.5. The Labute approximate surface area is 184 Å². The fourth-order valence-corrected chi connectivity index (χ4v) is 1.65. The van der Waals surface area contributed by atoms with Gasteiger partial charge in [-0.3, -0.25) is 9.59 Å². The molecule has 2 radical (unpaired) electrons. The van der Waals surface area contributed by atoms with Crippen LogP contribution in [0.2, 0.25) is 0 Å². The van der Waals surface area contributed by atoms with E-state index < -0.39 is 24.6 Å². The summed E-state index contributed by atoms with van der Waals surface area (Å²) >= 11 is 0. The molecule has 0 aromatic heterocycles. The van der Waals surface area contributed by atoms with Gasteiger partial charge in [0.05, 0.1) is 13.0 Å². The van der Waals surface area contributed by atoms with Gasteiger partial charge in [0.25, 0.3) is 0 Å². The molecule has 9 heteroatoms. The van der Waals surface area contributed by atoms with Crippen LogP contribution in [0.15, 0.2) is 18.2 Å². The molecule has 7 nitrogen and oxygen atoms in total. The van der Waals surface area contributed by atoms with Gasteiger partial charge in [-0.15, -0.1) is 0 Å². The van der Waals surface area contributed by atoms with E-state index in [-0.39, 0.29) is 85.2 Å². The maximum absolute atomic E-state index is 11.2. The molecule has 0 amide bonds. The van der Waals surface area contributed by atoms with E-state index >= 15 is 0 Å². The van der Waals surface area contributed by atoms with Gasteiger partial charge in [-0.05, 0) is 22.8 Å². The number of esters is 2. The van der Waals surface area contributed by atoms with E-state index in [1.165, 1.54) is 6.92 Å². The van der Waals surface area contributed by atoms with Crippen molar-refractivity contribution in [1.29, 1.82) is 0 Å². The predicted octanol–water partition coefficient (Wildman–Crippen LogP) is -0.0190. The number of hydrogen-bond acceptors (Lipinski definition) is 7. The fourth-order valence-electron chi connectivity index (χ4n) is 1.65. The number of carbonyl (C=O) groups excluding carboxylic acids is 2. The fraction of sp³-hybridized carbons (Fsp3) is 0.429. The molecular formula is C14H18O7Y2. The smallest absolute Gasteiger partial charge is 0.311 e. The van der Waals surface area contributed by atoms with Crippen molar-refractivity contribution in [2.45, 2.75) is 39.5 Å². The Morgan fingerprint density at radius 1 is 1.00 bits per heavy atom. The molecule has 3 N–H and O–H groups in total. The van der Waals surface area contributed by atoms with Crippen LogP contribution < -0.4 is 0 Å². The molecule has 0 fully saturated rings. The summed E-state index contributed by atoms with van der Waals surface area (Å²) in [5.41, 5.74) is 1.85. The summed E-state index contributed by atoms with van der Waals surface area (Å²) in [6.45, 7) is 1.06. The Bertz CT molecular complexity index is 506. The van der Waals surface area contributed by atoms with Crippen LogP contribution in [0.5, 0.6) is 0 Å². The van der Waals surface area contributed by atoms with Gasteiger partial charge in [0.2, 0.25) is 0 Å². The summed E-state index contributed by atoms with van der Waals surface area (Å²) in [6.07, 6.45) is -2.26. The molecule has 0 bridgehead atoms. The van der Waals surface area contributed by atoms with Gasteiger partial charge in [0.15, 0.2) is 6.29 Å². The van der Waals surface area contributed by atoms with E-state index in [4.69, 9.17) is 19.7 Å². The molecule has 0 saturated heterocycles. The number of hydrogen-bond donors (Lipinski definition) is 3. The van der Waals surface area contributed by atoms with Gasteiger partial charge < -0.3 is 24.8 Å². The normalized spacial score (nSPS) is 9.61. The van der Waals surface area contributed by atoms with Gasteiger partial charge in [-0.2, -0.15) is 0 Å². The van der Waals surface area contributed by atoms with Crippen LogP contribution in [0, 0.1) is 0 Å². The van der Waals surface area contributed by atoms with Gasteiger partial charge in [-0.25, -0.2) is 0 Å². The topological polar surface area (TPSA) is 113 Å². The summed E-state index contributed by atoms with van der Waals surface area (Å²) in [6, 6.07) is 4.98. The molecule has 0 atom stereocenters. The van der Waals surface area contributed by atoms with E-state index in [0.717, 1.165) is 0 Å². The van der Waals surface area contributed by atoms with E-state index in [0.29, 0.717) is 16.7 Å². The minimum Gasteiger partial charge on any atom is -0.461 e. The Hall–Kier alpha value is 0.248. The third kappa shape index (κ3) is 11.4. The van der Waals surface area contributed by atoms with Crippen molar-refractivity contribution in [3.05, 3.63) is 34.9 Å². The molecule has 0 heterocycles. The second-order valence-electron chi connectivity index (χ2n) is 4.44. The molecule has 0 aliphatic carbocycles.